The van der Waals surface area contributed by atoms with E-state index in [1.807, 2.05) is 25.1 Å². The number of halogens is 2. The number of ether oxygens (including phenoxy) is 2. The highest BCUT2D eigenvalue weighted by Gasteiger charge is 2.24. The van der Waals surface area contributed by atoms with Crippen LogP contribution < -0.4 is 10.1 Å². The number of aryl methyl sites for hydroxylation is 1. The van der Waals surface area contributed by atoms with Crippen LogP contribution in [0.2, 0.25) is 0 Å². The smallest absolute Gasteiger partial charge is 0.331 e. The maximum Gasteiger partial charge on any atom is 0.331 e. The standard InChI is InChI=1S/C26H24F2N2O5S/c1-3-34-9-10-35-21-6-4-5-17-16(21)7-8-22-23(17)29-26(36-22)30-24(31)15-12-19(27)18(20(28)13-15)11-14(2)25(32)33/h4-6,11-13H,3,7-10H2,1-2H3,(H,32,33)(H,29,30,31). The van der Waals surface area contributed by atoms with Crippen LogP contribution in [0.5, 0.6) is 5.75 Å². The van der Waals surface area contributed by atoms with E-state index in [-0.39, 0.29) is 11.1 Å². The van der Waals surface area contributed by atoms with Crippen LogP contribution in [0.25, 0.3) is 17.3 Å². The summed E-state index contributed by atoms with van der Waals surface area (Å²) in [5, 5.41) is 11.9. The highest BCUT2D eigenvalue weighted by molar-refractivity contribution is 7.16. The van der Waals surface area contributed by atoms with E-state index < -0.39 is 29.1 Å². The van der Waals surface area contributed by atoms with Gasteiger partial charge in [-0.25, -0.2) is 18.6 Å². The Morgan fingerprint density at radius 1 is 1.19 bits per heavy atom. The lowest BCUT2D eigenvalue weighted by Gasteiger charge is -2.19. The number of carbonyl (C=O) groups is 2. The summed E-state index contributed by atoms with van der Waals surface area (Å²) >= 11 is 1.31. The lowest BCUT2D eigenvalue weighted by molar-refractivity contribution is -0.132. The highest BCUT2D eigenvalue weighted by Crippen LogP contribution is 2.41. The summed E-state index contributed by atoms with van der Waals surface area (Å²) in [6.45, 7) is 4.70. The van der Waals surface area contributed by atoms with Gasteiger partial charge in [0.05, 0.1) is 12.3 Å². The summed E-state index contributed by atoms with van der Waals surface area (Å²) in [6, 6.07) is 7.48. The molecule has 0 unspecified atom stereocenters. The van der Waals surface area contributed by atoms with Crippen LogP contribution >= 0.6 is 11.3 Å². The molecule has 2 N–H and O–H groups in total. The minimum atomic E-state index is -1.30. The van der Waals surface area contributed by atoms with Crippen LogP contribution in [0.4, 0.5) is 13.9 Å². The van der Waals surface area contributed by atoms with Crippen molar-refractivity contribution in [3.8, 4) is 17.0 Å². The quantitative estimate of drug-likeness (QED) is 0.295. The van der Waals surface area contributed by atoms with Crippen molar-refractivity contribution in [2.45, 2.75) is 26.7 Å². The number of amides is 1. The van der Waals surface area contributed by atoms with Crippen LogP contribution in [0.1, 0.15) is 40.2 Å². The molecule has 0 fully saturated rings. The Kier molecular flexibility index (Phi) is 7.76. The number of aliphatic carboxylic acids is 1. The number of nitrogens with zero attached hydrogens (tertiary/aromatic N) is 1. The van der Waals surface area contributed by atoms with Crippen molar-refractivity contribution in [3.05, 3.63) is 69.1 Å². The number of hydrogen-bond donors (Lipinski definition) is 2. The van der Waals surface area contributed by atoms with Crippen molar-refractivity contribution in [3.63, 3.8) is 0 Å². The Morgan fingerprint density at radius 3 is 2.64 bits per heavy atom. The van der Waals surface area contributed by atoms with Crippen molar-refractivity contribution < 1.29 is 33.0 Å². The van der Waals surface area contributed by atoms with E-state index in [4.69, 9.17) is 14.6 Å². The number of anilines is 1. The van der Waals surface area contributed by atoms with Gasteiger partial charge in [0.1, 0.15) is 24.0 Å². The third-order valence-corrected chi connectivity index (χ3v) is 6.67. The summed E-state index contributed by atoms with van der Waals surface area (Å²) in [5.41, 5.74) is 1.70. The topological polar surface area (TPSA) is 97.8 Å². The van der Waals surface area contributed by atoms with Gasteiger partial charge in [-0.15, -0.1) is 11.3 Å². The van der Waals surface area contributed by atoms with Crippen LogP contribution in [0.15, 0.2) is 35.9 Å². The number of fused-ring (bicyclic) bond motifs is 3. The molecule has 4 rings (SSSR count). The Morgan fingerprint density at radius 2 is 1.94 bits per heavy atom. The van der Waals surface area contributed by atoms with Crippen molar-refractivity contribution >= 4 is 34.4 Å². The number of nitrogens with one attached hydrogen (secondary N) is 1. The van der Waals surface area contributed by atoms with E-state index in [0.717, 1.165) is 58.5 Å². The molecule has 0 radical (unpaired) electrons. The molecule has 0 saturated heterocycles. The van der Waals surface area contributed by atoms with Gasteiger partial charge in [-0.2, -0.15) is 0 Å². The summed E-state index contributed by atoms with van der Waals surface area (Å²) in [4.78, 5) is 29.2. The van der Waals surface area contributed by atoms with Crippen molar-refractivity contribution in [1.82, 2.24) is 4.98 Å². The average molecular weight is 515 g/mol. The predicted octanol–water partition coefficient (Wildman–Crippen LogP) is 5.34. The zero-order chi connectivity index (χ0) is 25.8. The molecule has 188 valence electrons. The molecular formula is C26H24F2N2O5S. The zero-order valence-corrected chi connectivity index (χ0v) is 20.5. The maximum atomic E-state index is 14.5. The second-order valence-electron chi connectivity index (χ2n) is 8.06. The van der Waals surface area contributed by atoms with Gasteiger partial charge in [-0.1, -0.05) is 12.1 Å². The number of thiazole rings is 1. The largest absolute Gasteiger partial charge is 0.491 e. The molecule has 0 spiro atoms. The molecular weight excluding hydrogens is 490 g/mol. The lowest BCUT2D eigenvalue weighted by atomic mass is 9.93. The van der Waals surface area contributed by atoms with Crippen molar-refractivity contribution in [2.75, 3.05) is 25.1 Å². The van der Waals surface area contributed by atoms with Crippen LogP contribution in [0.3, 0.4) is 0 Å². The minimum absolute atomic E-state index is 0.235. The van der Waals surface area contributed by atoms with Crippen LogP contribution in [-0.2, 0) is 22.4 Å². The first kappa shape index (κ1) is 25.5. The molecule has 2 aromatic carbocycles. The molecule has 1 heterocycles. The van der Waals surface area contributed by atoms with Gasteiger partial charge in [0.2, 0.25) is 0 Å². The molecule has 10 heteroatoms. The number of rotatable bonds is 9. The molecule has 1 aliphatic rings. The molecule has 7 nitrogen and oxygen atoms in total. The molecule has 0 saturated carbocycles. The third-order valence-electron chi connectivity index (χ3n) is 5.64. The van der Waals surface area contributed by atoms with E-state index in [1.54, 1.807) is 0 Å². The van der Waals surface area contributed by atoms with Crippen molar-refractivity contribution in [1.29, 1.82) is 0 Å². The van der Waals surface area contributed by atoms with Gasteiger partial charge in [0, 0.05) is 39.3 Å². The minimum Gasteiger partial charge on any atom is -0.491 e. The van der Waals surface area contributed by atoms with E-state index in [9.17, 15) is 18.4 Å². The summed E-state index contributed by atoms with van der Waals surface area (Å²) in [5.74, 6) is -3.32. The fraction of sp³-hybridized carbons (Fsp3) is 0.269. The molecule has 1 amide bonds. The molecule has 0 atom stereocenters. The fourth-order valence-electron chi connectivity index (χ4n) is 3.86. The number of carboxylic acid groups (broad SMARTS) is 1. The second-order valence-corrected chi connectivity index (χ2v) is 9.14. The number of hydrogen-bond acceptors (Lipinski definition) is 6. The molecule has 3 aromatic rings. The van der Waals surface area contributed by atoms with Crippen LogP contribution in [0, 0.1) is 11.6 Å². The molecule has 36 heavy (non-hydrogen) atoms. The summed E-state index contributed by atoms with van der Waals surface area (Å²) in [6.07, 6.45) is 2.36. The number of benzene rings is 2. The lowest BCUT2D eigenvalue weighted by Crippen LogP contribution is -2.13. The molecule has 1 aliphatic carbocycles. The number of aromatic nitrogens is 1. The van der Waals surface area contributed by atoms with Crippen LogP contribution in [-0.4, -0.2) is 41.8 Å². The Hall–Kier alpha value is -3.63. The van der Waals surface area contributed by atoms with Gasteiger partial charge in [0.25, 0.3) is 5.91 Å². The Labute approximate surface area is 210 Å². The first-order chi connectivity index (χ1) is 17.3. The fourth-order valence-corrected chi connectivity index (χ4v) is 4.83. The SMILES string of the molecule is CCOCCOc1cccc2c1CCc1sc(NC(=O)c3cc(F)c(C=C(C)C(=O)O)c(F)c3)nc1-2. The first-order valence-electron chi connectivity index (χ1n) is 11.3. The average Bonchev–Trinajstić information content (AvgIpc) is 3.26. The molecule has 0 bridgehead atoms. The zero-order valence-electron chi connectivity index (χ0n) is 19.7. The van der Waals surface area contributed by atoms with Gasteiger partial charge in [0.15, 0.2) is 5.13 Å². The maximum absolute atomic E-state index is 14.5. The Balaban J connectivity index is 1.54. The van der Waals surface area contributed by atoms with E-state index in [1.165, 1.54) is 18.3 Å². The van der Waals surface area contributed by atoms with Gasteiger partial charge < -0.3 is 14.6 Å². The normalized spacial score (nSPS) is 12.6. The Bertz CT molecular complexity index is 1330. The monoisotopic (exact) mass is 514 g/mol. The molecule has 1 aromatic heterocycles. The summed E-state index contributed by atoms with van der Waals surface area (Å²) in [7, 11) is 0. The van der Waals surface area contributed by atoms with E-state index in [2.05, 4.69) is 10.3 Å². The first-order valence-corrected chi connectivity index (χ1v) is 12.1. The number of carboxylic acids is 1. The van der Waals surface area contributed by atoms with E-state index >= 15 is 0 Å². The highest BCUT2D eigenvalue weighted by atomic mass is 32.1. The van der Waals surface area contributed by atoms with Crippen molar-refractivity contribution in [2.24, 2.45) is 0 Å². The second kappa shape index (κ2) is 11.0. The van der Waals surface area contributed by atoms with E-state index in [0.29, 0.717) is 25.0 Å². The molecule has 0 aliphatic heterocycles. The third kappa shape index (κ3) is 5.44. The van der Waals surface area contributed by atoms with Gasteiger partial charge >= 0.3 is 5.97 Å². The van der Waals surface area contributed by atoms with Gasteiger partial charge in [-0.05, 0) is 51.0 Å². The van der Waals surface area contributed by atoms with Gasteiger partial charge in [-0.3, -0.25) is 10.1 Å². The summed E-state index contributed by atoms with van der Waals surface area (Å²) < 4.78 is 40.2. The number of carbonyl (C=O) groups excluding carboxylic acids is 1. The predicted molar refractivity (Wildman–Crippen MR) is 133 cm³/mol.